The number of nitrogens with zero attached hydrogens (tertiary/aromatic N) is 2. The average Bonchev–Trinajstić information content (AvgIpc) is 2.75. The van der Waals surface area contributed by atoms with Gasteiger partial charge in [-0.05, 0) is 67.1 Å². The Labute approximate surface area is 150 Å². The van der Waals surface area contributed by atoms with Crippen LogP contribution < -0.4 is 4.90 Å². The van der Waals surface area contributed by atoms with Gasteiger partial charge in [-0.3, -0.25) is 14.4 Å². The molecule has 1 atom stereocenters. The Morgan fingerprint density at radius 2 is 1.87 bits per heavy atom. The lowest BCUT2D eigenvalue weighted by atomic mass is 9.96. The molecule has 1 fully saturated rings. The predicted octanol–water partition coefficient (Wildman–Crippen LogP) is 2.96. The van der Waals surface area contributed by atoms with Crippen LogP contribution in [0.25, 0.3) is 0 Å². The molecule has 0 aliphatic carbocycles. The van der Waals surface area contributed by atoms with Crippen LogP contribution in [0.5, 0.6) is 0 Å². The second-order valence-corrected chi connectivity index (χ2v) is 7.56. The Hall–Kier alpha value is -1.44. The van der Waals surface area contributed by atoms with Crippen molar-refractivity contribution < 1.29 is 14.4 Å². The van der Waals surface area contributed by atoms with Gasteiger partial charge in [-0.25, -0.2) is 4.90 Å². The van der Waals surface area contributed by atoms with Crippen LogP contribution in [0.15, 0.2) is 24.3 Å². The lowest BCUT2D eigenvalue weighted by molar-refractivity contribution is -0.142. The van der Waals surface area contributed by atoms with Crippen LogP contribution in [0.1, 0.15) is 40.5 Å². The molecule has 1 heterocycles. The lowest BCUT2D eigenvalue weighted by Crippen LogP contribution is -2.54. The molecule has 0 radical (unpaired) electrons. The van der Waals surface area contributed by atoms with Crippen molar-refractivity contribution in [2.24, 2.45) is 0 Å². The molecule has 1 aliphatic heterocycles. The average molecular weight is 428 g/mol. The van der Waals surface area contributed by atoms with E-state index in [1.54, 1.807) is 17.0 Å². The van der Waals surface area contributed by atoms with E-state index in [1.807, 2.05) is 32.9 Å². The molecular formula is C17H21IN2O3. The van der Waals surface area contributed by atoms with Crippen molar-refractivity contribution >= 4 is 46.0 Å². The van der Waals surface area contributed by atoms with Gasteiger partial charge in [-0.15, -0.1) is 0 Å². The highest BCUT2D eigenvalue weighted by Gasteiger charge is 2.47. The summed E-state index contributed by atoms with van der Waals surface area (Å²) in [6.45, 7) is 7.25. The zero-order valence-electron chi connectivity index (χ0n) is 13.8. The molecule has 0 bridgehead atoms. The third-order valence-electron chi connectivity index (χ3n) is 4.38. The minimum atomic E-state index is -0.728. The Morgan fingerprint density at radius 3 is 2.35 bits per heavy atom. The molecule has 6 heteroatoms. The predicted molar refractivity (Wildman–Crippen MR) is 96.9 cm³/mol. The van der Waals surface area contributed by atoms with E-state index in [0.717, 1.165) is 3.57 Å². The van der Waals surface area contributed by atoms with Gasteiger partial charge in [0.1, 0.15) is 6.04 Å². The fourth-order valence-corrected chi connectivity index (χ4v) is 3.28. The fraction of sp³-hybridized carbons (Fsp3) is 0.471. The standard InChI is InChI=1S/C17H21IN2O3/c1-5-17(3,4)20(11(2)21)14-10-15(22)19(16(14)23)13-8-6-12(18)7-9-13/h6-9,14H,5,10H2,1-4H3. The van der Waals surface area contributed by atoms with Crippen LogP contribution in [0, 0.1) is 3.57 Å². The molecule has 2 rings (SSSR count). The van der Waals surface area contributed by atoms with Crippen molar-refractivity contribution in [2.45, 2.75) is 52.1 Å². The molecule has 1 aliphatic rings. The molecule has 0 saturated carbocycles. The zero-order valence-corrected chi connectivity index (χ0v) is 16.0. The molecule has 1 saturated heterocycles. The SMILES string of the molecule is CCC(C)(C)N(C(C)=O)C1CC(=O)N(c2ccc(I)cc2)C1=O. The summed E-state index contributed by atoms with van der Waals surface area (Å²) in [6, 6.07) is 6.48. The summed E-state index contributed by atoms with van der Waals surface area (Å²) in [4.78, 5) is 40.1. The first kappa shape index (κ1) is 17.9. The normalized spacial score (nSPS) is 18.5. The molecule has 1 unspecified atom stereocenters. The van der Waals surface area contributed by atoms with E-state index in [0.29, 0.717) is 12.1 Å². The van der Waals surface area contributed by atoms with Crippen LogP contribution in [-0.2, 0) is 14.4 Å². The summed E-state index contributed by atoms with van der Waals surface area (Å²) in [6.07, 6.45) is 0.738. The number of imide groups is 1. The molecule has 0 N–H and O–H groups in total. The quantitative estimate of drug-likeness (QED) is 0.548. The maximum absolute atomic E-state index is 12.8. The first-order valence-corrected chi connectivity index (χ1v) is 8.69. The number of anilines is 1. The third kappa shape index (κ3) is 3.41. The maximum atomic E-state index is 12.8. The van der Waals surface area contributed by atoms with Crippen molar-refractivity contribution in [3.8, 4) is 0 Å². The molecule has 0 spiro atoms. The summed E-state index contributed by atoms with van der Waals surface area (Å²) < 4.78 is 1.03. The van der Waals surface area contributed by atoms with E-state index in [2.05, 4.69) is 22.6 Å². The fourth-order valence-electron chi connectivity index (χ4n) is 2.92. The van der Waals surface area contributed by atoms with Gasteiger partial charge in [0.05, 0.1) is 12.1 Å². The minimum absolute atomic E-state index is 0.0355. The van der Waals surface area contributed by atoms with E-state index < -0.39 is 11.6 Å². The number of rotatable bonds is 4. The highest BCUT2D eigenvalue weighted by Crippen LogP contribution is 2.31. The maximum Gasteiger partial charge on any atom is 0.257 e. The van der Waals surface area contributed by atoms with Crippen molar-refractivity contribution in [1.82, 2.24) is 4.90 Å². The number of hydrogen-bond donors (Lipinski definition) is 0. The van der Waals surface area contributed by atoms with Crippen LogP contribution in [0.3, 0.4) is 0 Å². The van der Waals surface area contributed by atoms with E-state index >= 15 is 0 Å². The highest BCUT2D eigenvalue weighted by atomic mass is 127. The van der Waals surface area contributed by atoms with Crippen LogP contribution in [-0.4, -0.2) is 34.2 Å². The van der Waals surface area contributed by atoms with Gasteiger partial charge < -0.3 is 4.90 Å². The number of halogens is 1. The van der Waals surface area contributed by atoms with E-state index in [4.69, 9.17) is 0 Å². The minimum Gasteiger partial charge on any atom is -0.325 e. The number of benzene rings is 1. The van der Waals surface area contributed by atoms with Gasteiger partial charge >= 0.3 is 0 Å². The largest absolute Gasteiger partial charge is 0.325 e. The monoisotopic (exact) mass is 428 g/mol. The summed E-state index contributed by atoms with van der Waals surface area (Å²) in [7, 11) is 0. The lowest BCUT2D eigenvalue weighted by Gasteiger charge is -2.40. The van der Waals surface area contributed by atoms with Gasteiger partial charge in [-0.2, -0.15) is 0 Å². The van der Waals surface area contributed by atoms with Crippen LogP contribution in [0.2, 0.25) is 0 Å². The molecule has 0 aromatic heterocycles. The Kier molecular flexibility index (Phi) is 5.13. The number of hydrogen-bond acceptors (Lipinski definition) is 3. The van der Waals surface area contributed by atoms with Gasteiger partial charge in [-0.1, -0.05) is 6.92 Å². The number of carbonyl (C=O) groups is 3. The first-order valence-electron chi connectivity index (χ1n) is 7.61. The van der Waals surface area contributed by atoms with Gasteiger partial charge in [0.2, 0.25) is 11.8 Å². The Bertz CT molecular complexity index is 640. The van der Waals surface area contributed by atoms with Crippen molar-refractivity contribution in [3.63, 3.8) is 0 Å². The zero-order chi connectivity index (χ0) is 17.4. The summed E-state index contributed by atoms with van der Waals surface area (Å²) in [5.41, 5.74) is 0.0786. The van der Waals surface area contributed by atoms with Gasteiger partial charge in [0.25, 0.3) is 5.91 Å². The summed E-state index contributed by atoms with van der Waals surface area (Å²) in [5, 5.41) is 0. The summed E-state index contributed by atoms with van der Waals surface area (Å²) >= 11 is 2.17. The first-order chi connectivity index (χ1) is 10.7. The van der Waals surface area contributed by atoms with Crippen LogP contribution >= 0.6 is 22.6 Å². The number of carbonyl (C=O) groups excluding carboxylic acids is 3. The molecule has 124 valence electrons. The summed E-state index contributed by atoms with van der Waals surface area (Å²) in [5.74, 6) is -0.778. The molecular weight excluding hydrogens is 407 g/mol. The second-order valence-electron chi connectivity index (χ2n) is 6.32. The van der Waals surface area contributed by atoms with Crippen molar-refractivity contribution in [3.05, 3.63) is 27.8 Å². The second kappa shape index (κ2) is 6.59. The van der Waals surface area contributed by atoms with Crippen molar-refractivity contribution in [2.75, 3.05) is 4.90 Å². The molecule has 5 nitrogen and oxygen atoms in total. The van der Waals surface area contributed by atoms with E-state index in [-0.39, 0.29) is 24.1 Å². The topological polar surface area (TPSA) is 57.7 Å². The highest BCUT2D eigenvalue weighted by molar-refractivity contribution is 14.1. The van der Waals surface area contributed by atoms with Gasteiger partial charge in [0, 0.05) is 16.0 Å². The molecule has 3 amide bonds. The molecule has 1 aromatic rings. The van der Waals surface area contributed by atoms with E-state index in [1.165, 1.54) is 11.8 Å². The Morgan fingerprint density at radius 1 is 1.30 bits per heavy atom. The van der Waals surface area contributed by atoms with Crippen LogP contribution in [0.4, 0.5) is 5.69 Å². The van der Waals surface area contributed by atoms with E-state index in [9.17, 15) is 14.4 Å². The molecule has 1 aromatic carbocycles. The third-order valence-corrected chi connectivity index (χ3v) is 5.10. The Balaban J connectivity index is 2.36. The van der Waals surface area contributed by atoms with Gasteiger partial charge in [0.15, 0.2) is 0 Å². The molecule has 23 heavy (non-hydrogen) atoms. The van der Waals surface area contributed by atoms with Crippen molar-refractivity contribution in [1.29, 1.82) is 0 Å². The smallest absolute Gasteiger partial charge is 0.257 e. The number of amides is 3.